The van der Waals surface area contributed by atoms with Gasteiger partial charge in [0.15, 0.2) is 5.13 Å². The number of fused-ring (bicyclic) bond motifs is 1. The highest BCUT2D eigenvalue weighted by Crippen LogP contribution is 2.40. The number of hydrogen-bond acceptors (Lipinski definition) is 5. The zero-order chi connectivity index (χ0) is 15.1. The predicted molar refractivity (Wildman–Crippen MR) is 89.1 cm³/mol. The fourth-order valence-electron chi connectivity index (χ4n) is 2.78. The van der Waals surface area contributed by atoms with Crippen LogP contribution < -0.4 is 9.64 Å². The highest BCUT2D eigenvalue weighted by atomic mass is 35.5. The first-order valence-corrected chi connectivity index (χ1v) is 8.28. The summed E-state index contributed by atoms with van der Waals surface area (Å²) in [6, 6.07) is 3.73. The number of benzene rings is 1. The van der Waals surface area contributed by atoms with Crippen molar-refractivity contribution in [2.75, 3.05) is 25.1 Å². The van der Waals surface area contributed by atoms with Gasteiger partial charge in [0, 0.05) is 37.9 Å². The maximum absolute atomic E-state index is 6.27. The molecule has 0 unspecified atom stereocenters. The van der Waals surface area contributed by atoms with E-state index in [4.69, 9.17) is 21.3 Å². The van der Waals surface area contributed by atoms with E-state index in [1.807, 2.05) is 30.9 Å². The van der Waals surface area contributed by atoms with Gasteiger partial charge in [-0.2, -0.15) is 0 Å². The number of imidazole rings is 1. The standard InChI is InChI=1S/C15H15ClN4OS/c1-21-12-3-2-11(16)14-13(12)18-15(22-14)20-7-10(8-20)6-19-5-4-17-9-19/h2-5,9-10H,6-8H2,1H3. The van der Waals surface area contributed by atoms with Crippen LogP contribution in [0.25, 0.3) is 10.2 Å². The molecule has 1 aliphatic rings. The van der Waals surface area contributed by atoms with Crippen molar-refractivity contribution in [3.05, 3.63) is 35.9 Å². The van der Waals surface area contributed by atoms with Crippen LogP contribution in [0, 0.1) is 5.92 Å². The molecule has 2 aromatic heterocycles. The highest BCUT2D eigenvalue weighted by Gasteiger charge is 2.29. The van der Waals surface area contributed by atoms with Crippen LogP contribution in [0.1, 0.15) is 0 Å². The lowest BCUT2D eigenvalue weighted by molar-refractivity contribution is 0.357. The van der Waals surface area contributed by atoms with Crippen molar-refractivity contribution in [3.63, 3.8) is 0 Å². The molecule has 1 fully saturated rings. The summed E-state index contributed by atoms with van der Waals surface area (Å²) in [7, 11) is 1.66. The molecule has 0 atom stereocenters. The van der Waals surface area contributed by atoms with Crippen molar-refractivity contribution in [3.8, 4) is 5.75 Å². The van der Waals surface area contributed by atoms with Gasteiger partial charge in [-0.3, -0.25) is 0 Å². The zero-order valence-corrected chi connectivity index (χ0v) is 13.6. The van der Waals surface area contributed by atoms with E-state index in [2.05, 4.69) is 14.5 Å². The maximum atomic E-state index is 6.27. The summed E-state index contributed by atoms with van der Waals surface area (Å²) in [6.45, 7) is 3.03. The molecule has 0 N–H and O–H groups in total. The molecule has 7 heteroatoms. The van der Waals surface area contributed by atoms with Gasteiger partial charge in [0.05, 0.1) is 23.2 Å². The van der Waals surface area contributed by atoms with Gasteiger partial charge in [0.25, 0.3) is 0 Å². The molecule has 0 amide bonds. The summed E-state index contributed by atoms with van der Waals surface area (Å²) in [5, 5.41) is 1.75. The summed E-state index contributed by atoms with van der Waals surface area (Å²) < 4.78 is 8.49. The Hall–Kier alpha value is -1.79. The van der Waals surface area contributed by atoms with Gasteiger partial charge < -0.3 is 14.2 Å². The quantitative estimate of drug-likeness (QED) is 0.734. The van der Waals surface area contributed by atoms with Gasteiger partial charge in [0.2, 0.25) is 0 Å². The molecule has 0 radical (unpaired) electrons. The molecule has 1 aliphatic heterocycles. The second-order valence-corrected chi connectivity index (χ2v) is 6.84. The van der Waals surface area contributed by atoms with Crippen LogP contribution in [-0.2, 0) is 6.54 Å². The van der Waals surface area contributed by atoms with Crippen molar-refractivity contribution in [2.45, 2.75) is 6.54 Å². The average molecular weight is 335 g/mol. The van der Waals surface area contributed by atoms with Crippen molar-refractivity contribution < 1.29 is 4.74 Å². The second-order valence-electron chi connectivity index (χ2n) is 5.45. The van der Waals surface area contributed by atoms with Gasteiger partial charge in [-0.25, -0.2) is 9.97 Å². The Balaban J connectivity index is 1.52. The fraction of sp³-hybridized carbons (Fsp3) is 0.333. The summed E-state index contributed by atoms with van der Waals surface area (Å²) in [5.74, 6) is 1.41. The molecule has 0 bridgehead atoms. The van der Waals surface area contributed by atoms with Gasteiger partial charge in [-0.05, 0) is 12.1 Å². The summed E-state index contributed by atoms with van der Waals surface area (Å²) >= 11 is 7.91. The monoisotopic (exact) mass is 334 g/mol. The molecule has 5 nitrogen and oxygen atoms in total. The summed E-state index contributed by atoms with van der Waals surface area (Å²) in [4.78, 5) is 11.1. The SMILES string of the molecule is COc1ccc(Cl)c2sc(N3CC(Cn4ccnc4)C3)nc12. The average Bonchev–Trinajstić information content (AvgIpc) is 3.12. The van der Waals surface area contributed by atoms with Crippen LogP contribution in [-0.4, -0.2) is 34.7 Å². The van der Waals surface area contributed by atoms with Gasteiger partial charge in [-0.1, -0.05) is 22.9 Å². The van der Waals surface area contributed by atoms with Crippen molar-refractivity contribution >= 4 is 38.3 Å². The number of halogens is 1. The molecular weight excluding hydrogens is 320 g/mol. The largest absolute Gasteiger partial charge is 0.494 e. The molecule has 4 rings (SSSR count). The van der Waals surface area contributed by atoms with E-state index in [1.54, 1.807) is 18.4 Å². The van der Waals surface area contributed by atoms with Crippen LogP contribution in [0.5, 0.6) is 5.75 Å². The molecule has 1 aromatic carbocycles. The van der Waals surface area contributed by atoms with E-state index >= 15 is 0 Å². The molecule has 3 aromatic rings. The predicted octanol–water partition coefficient (Wildman–Crippen LogP) is 3.29. The number of anilines is 1. The summed E-state index contributed by atoms with van der Waals surface area (Å²) in [6.07, 6.45) is 5.69. The maximum Gasteiger partial charge on any atom is 0.186 e. The molecular formula is C15H15ClN4OS. The molecule has 0 spiro atoms. The van der Waals surface area contributed by atoms with Crippen LogP contribution in [0.15, 0.2) is 30.9 Å². The van der Waals surface area contributed by atoms with E-state index in [9.17, 15) is 0 Å². The fourth-order valence-corrected chi connectivity index (χ4v) is 4.05. The minimum absolute atomic E-state index is 0.638. The van der Waals surface area contributed by atoms with Crippen LogP contribution >= 0.6 is 22.9 Å². The smallest absolute Gasteiger partial charge is 0.186 e. The first-order chi connectivity index (χ1) is 10.7. The topological polar surface area (TPSA) is 43.2 Å². The van der Waals surface area contributed by atoms with E-state index in [0.29, 0.717) is 5.92 Å². The lowest BCUT2D eigenvalue weighted by atomic mass is 10.0. The Bertz CT molecular complexity index is 795. The molecule has 0 aliphatic carbocycles. The van der Waals surface area contributed by atoms with Gasteiger partial charge in [0.1, 0.15) is 11.3 Å². The number of nitrogens with zero attached hydrogens (tertiary/aromatic N) is 4. The number of ether oxygens (including phenoxy) is 1. The third-order valence-electron chi connectivity index (χ3n) is 3.92. The molecule has 3 heterocycles. The Morgan fingerprint density at radius 1 is 1.41 bits per heavy atom. The minimum Gasteiger partial charge on any atom is -0.494 e. The number of hydrogen-bond donors (Lipinski definition) is 0. The first-order valence-electron chi connectivity index (χ1n) is 7.08. The van der Waals surface area contributed by atoms with E-state index in [-0.39, 0.29) is 0 Å². The Kier molecular flexibility index (Phi) is 3.43. The van der Waals surface area contributed by atoms with Crippen LogP contribution in [0.4, 0.5) is 5.13 Å². The lowest BCUT2D eigenvalue weighted by Crippen LogP contribution is -2.48. The Morgan fingerprint density at radius 3 is 3.00 bits per heavy atom. The van der Waals surface area contributed by atoms with Crippen molar-refractivity contribution in [1.29, 1.82) is 0 Å². The van der Waals surface area contributed by atoms with Crippen LogP contribution in [0.3, 0.4) is 0 Å². The number of thiazole rings is 1. The molecule has 0 saturated carbocycles. The normalized spacial score (nSPS) is 15.3. The van der Waals surface area contributed by atoms with E-state index < -0.39 is 0 Å². The molecule has 22 heavy (non-hydrogen) atoms. The van der Waals surface area contributed by atoms with E-state index in [0.717, 1.165) is 45.8 Å². The Morgan fingerprint density at radius 2 is 2.27 bits per heavy atom. The lowest BCUT2D eigenvalue weighted by Gasteiger charge is -2.39. The van der Waals surface area contributed by atoms with Gasteiger partial charge >= 0.3 is 0 Å². The highest BCUT2D eigenvalue weighted by molar-refractivity contribution is 7.22. The van der Waals surface area contributed by atoms with Gasteiger partial charge in [-0.15, -0.1) is 0 Å². The first kappa shape index (κ1) is 13.8. The number of rotatable bonds is 4. The minimum atomic E-state index is 0.638. The van der Waals surface area contributed by atoms with E-state index in [1.165, 1.54) is 0 Å². The molecule has 114 valence electrons. The third-order valence-corrected chi connectivity index (χ3v) is 5.50. The van der Waals surface area contributed by atoms with Crippen molar-refractivity contribution in [1.82, 2.24) is 14.5 Å². The molecule has 1 saturated heterocycles. The third kappa shape index (κ3) is 2.32. The number of aromatic nitrogens is 3. The second kappa shape index (κ2) is 5.44. The summed E-state index contributed by atoms with van der Waals surface area (Å²) in [5.41, 5.74) is 0.855. The van der Waals surface area contributed by atoms with Crippen molar-refractivity contribution in [2.24, 2.45) is 5.92 Å². The Labute approximate surface area is 137 Å². The zero-order valence-electron chi connectivity index (χ0n) is 12.1. The number of methoxy groups -OCH3 is 1. The van der Waals surface area contributed by atoms with Crippen LogP contribution in [0.2, 0.25) is 5.02 Å².